The Morgan fingerprint density at radius 3 is 2.69 bits per heavy atom. The van der Waals surface area contributed by atoms with Crippen LogP contribution in [0.15, 0.2) is 35.4 Å². The standard InChI is InChI=1S/C20H23N3O2S/c1-14-19-20(23(21-14)16-9-3-2-4-10-16)26-13-18(25)22(19)12-17(24)11-15-7-5-6-8-15/h2-4,9-10,15H,5-8,11-13H2,1H3. The average Bonchev–Trinajstić information content (AvgIpc) is 3.26. The van der Waals surface area contributed by atoms with Crippen molar-refractivity contribution in [3.8, 4) is 5.69 Å². The Hall–Kier alpha value is -2.08. The highest BCUT2D eigenvalue weighted by atomic mass is 32.2. The summed E-state index contributed by atoms with van der Waals surface area (Å²) in [6.07, 6.45) is 5.34. The summed E-state index contributed by atoms with van der Waals surface area (Å²) in [4.78, 5) is 26.8. The molecule has 0 saturated heterocycles. The van der Waals surface area contributed by atoms with Crippen LogP contribution in [0.25, 0.3) is 5.69 Å². The van der Waals surface area contributed by atoms with E-state index in [2.05, 4.69) is 5.10 Å². The van der Waals surface area contributed by atoms with Gasteiger partial charge in [-0.05, 0) is 25.0 Å². The van der Waals surface area contributed by atoms with Crippen molar-refractivity contribution in [2.45, 2.75) is 44.1 Å². The molecule has 2 aromatic rings. The summed E-state index contributed by atoms with van der Waals surface area (Å²) >= 11 is 1.50. The zero-order chi connectivity index (χ0) is 18.1. The molecule has 4 rings (SSSR count). The number of fused-ring (bicyclic) bond motifs is 1. The minimum atomic E-state index is -0.00187. The maximum absolute atomic E-state index is 12.6. The molecular formula is C20H23N3O2S. The van der Waals surface area contributed by atoms with Crippen molar-refractivity contribution in [3.05, 3.63) is 36.0 Å². The van der Waals surface area contributed by atoms with Crippen molar-refractivity contribution in [2.24, 2.45) is 5.92 Å². The Morgan fingerprint density at radius 1 is 1.23 bits per heavy atom. The Bertz CT molecular complexity index is 825. The Kier molecular flexibility index (Phi) is 4.85. The Balaban J connectivity index is 1.61. The first kappa shape index (κ1) is 17.3. The molecule has 0 N–H and O–H groups in total. The van der Waals surface area contributed by atoms with Gasteiger partial charge in [-0.3, -0.25) is 9.59 Å². The van der Waals surface area contributed by atoms with E-state index in [1.165, 1.54) is 24.6 Å². The lowest BCUT2D eigenvalue weighted by atomic mass is 10.0. The molecule has 1 saturated carbocycles. The molecule has 0 spiro atoms. The largest absolute Gasteiger partial charge is 0.300 e. The van der Waals surface area contributed by atoms with E-state index in [1.807, 2.05) is 41.9 Å². The molecule has 0 unspecified atom stereocenters. The molecule has 0 bridgehead atoms. The number of rotatable bonds is 5. The number of benzene rings is 1. The van der Waals surface area contributed by atoms with Gasteiger partial charge in [0.2, 0.25) is 5.91 Å². The second kappa shape index (κ2) is 7.27. The third kappa shape index (κ3) is 3.30. The van der Waals surface area contributed by atoms with Gasteiger partial charge in [-0.2, -0.15) is 5.10 Å². The first-order valence-corrected chi connectivity index (χ1v) is 10.2. The predicted octanol–water partition coefficient (Wildman–Crippen LogP) is 3.77. The fourth-order valence-electron chi connectivity index (χ4n) is 3.96. The molecule has 26 heavy (non-hydrogen) atoms. The number of aryl methyl sites for hydroxylation is 1. The lowest BCUT2D eigenvalue weighted by Gasteiger charge is -2.27. The smallest absolute Gasteiger partial charge is 0.237 e. The number of carbonyl (C=O) groups is 2. The van der Waals surface area contributed by atoms with Crippen LogP contribution in [0.3, 0.4) is 0 Å². The van der Waals surface area contributed by atoms with E-state index in [9.17, 15) is 9.59 Å². The first-order valence-electron chi connectivity index (χ1n) is 9.23. The van der Waals surface area contributed by atoms with E-state index >= 15 is 0 Å². The third-order valence-electron chi connectivity index (χ3n) is 5.22. The molecule has 6 heteroatoms. The number of carbonyl (C=O) groups excluding carboxylic acids is 2. The topological polar surface area (TPSA) is 55.2 Å². The van der Waals surface area contributed by atoms with Gasteiger partial charge in [0.15, 0.2) is 5.78 Å². The quantitative estimate of drug-likeness (QED) is 0.805. The molecule has 1 aromatic heterocycles. The summed E-state index contributed by atoms with van der Waals surface area (Å²) in [6, 6.07) is 9.91. The lowest BCUT2D eigenvalue weighted by Crippen LogP contribution is -2.40. The maximum atomic E-state index is 12.6. The molecule has 136 valence electrons. The Labute approximate surface area is 157 Å². The molecule has 1 aromatic carbocycles. The minimum absolute atomic E-state index is 0.00187. The number of aromatic nitrogens is 2. The lowest BCUT2D eigenvalue weighted by molar-refractivity contribution is -0.122. The van der Waals surface area contributed by atoms with Crippen LogP contribution in [0.2, 0.25) is 0 Å². The van der Waals surface area contributed by atoms with Crippen LogP contribution in [0.5, 0.6) is 0 Å². The molecule has 1 aliphatic carbocycles. The minimum Gasteiger partial charge on any atom is -0.300 e. The van der Waals surface area contributed by atoms with Crippen molar-refractivity contribution >= 4 is 29.1 Å². The fraction of sp³-hybridized carbons (Fsp3) is 0.450. The van der Waals surface area contributed by atoms with E-state index in [1.54, 1.807) is 4.90 Å². The first-order chi connectivity index (χ1) is 12.6. The van der Waals surface area contributed by atoms with Gasteiger partial charge in [0.05, 0.1) is 29.4 Å². The number of nitrogens with zero attached hydrogens (tertiary/aromatic N) is 3. The van der Waals surface area contributed by atoms with E-state index < -0.39 is 0 Å². The van der Waals surface area contributed by atoms with Crippen LogP contribution in [0.1, 0.15) is 37.8 Å². The zero-order valence-electron chi connectivity index (χ0n) is 15.0. The number of ketones is 1. The predicted molar refractivity (Wildman–Crippen MR) is 103 cm³/mol. The fourth-order valence-corrected chi connectivity index (χ4v) is 5.04. The number of Topliss-reactive ketones (excluding diaryl/α,β-unsaturated/α-hetero) is 1. The van der Waals surface area contributed by atoms with Crippen molar-refractivity contribution in [3.63, 3.8) is 0 Å². The Morgan fingerprint density at radius 2 is 1.96 bits per heavy atom. The summed E-state index contributed by atoms with van der Waals surface area (Å²) in [5, 5.41) is 5.59. The summed E-state index contributed by atoms with van der Waals surface area (Å²) < 4.78 is 1.89. The van der Waals surface area contributed by atoms with Crippen LogP contribution in [-0.4, -0.2) is 33.8 Å². The van der Waals surface area contributed by atoms with Gasteiger partial charge in [-0.25, -0.2) is 4.68 Å². The molecule has 0 radical (unpaired) electrons. The summed E-state index contributed by atoms with van der Waals surface area (Å²) in [5.41, 5.74) is 2.56. The van der Waals surface area contributed by atoms with E-state index in [-0.39, 0.29) is 18.2 Å². The molecule has 1 fully saturated rings. The summed E-state index contributed by atoms with van der Waals surface area (Å²) in [6.45, 7) is 2.08. The van der Waals surface area contributed by atoms with Gasteiger partial charge in [0, 0.05) is 6.42 Å². The molecule has 2 heterocycles. The molecular weight excluding hydrogens is 346 g/mol. The van der Waals surface area contributed by atoms with Gasteiger partial charge in [-0.15, -0.1) is 0 Å². The van der Waals surface area contributed by atoms with Gasteiger partial charge >= 0.3 is 0 Å². The van der Waals surface area contributed by atoms with Crippen LogP contribution in [0.4, 0.5) is 5.69 Å². The highest BCUT2D eigenvalue weighted by Gasteiger charge is 2.33. The van der Waals surface area contributed by atoms with Crippen LogP contribution >= 0.6 is 11.8 Å². The molecule has 0 atom stereocenters. The number of para-hydroxylation sites is 1. The van der Waals surface area contributed by atoms with Gasteiger partial charge in [0.25, 0.3) is 0 Å². The molecule has 1 amide bonds. The third-order valence-corrected chi connectivity index (χ3v) is 6.25. The van der Waals surface area contributed by atoms with Crippen LogP contribution < -0.4 is 4.90 Å². The SMILES string of the molecule is Cc1nn(-c2ccccc2)c2c1N(CC(=O)CC1CCCC1)C(=O)CS2. The normalized spacial score (nSPS) is 17.6. The van der Waals surface area contributed by atoms with Crippen LogP contribution in [0, 0.1) is 12.8 Å². The summed E-state index contributed by atoms with van der Waals surface area (Å²) in [5.74, 6) is 1.01. The van der Waals surface area contributed by atoms with Crippen molar-refractivity contribution in [1.82, 2.24) is 9.78 Å². The molecule has 1 aliphatic heterocycles. The summed E-state index contributed by atoms with van der Waals surface area (Å²) in [7, 11) is 0. The number of thioether (sulfide) groups is 1. The zero-order valence-corrected chi connectivity index (χ0v) is 15.8. The average molecular weight is 369 g/mol. The number of amides is 1. The second-order valence-electron chi connectivity index (χ2n) is 7.15. The number of anilines is 1. The van der Waals surface area contributed by atoms with Gasteiger partial charge in [0.1, 0.15) is 5.03 Å². The van der Waals surface area contributed by atoms with Gasteiger partial charge in [-0.1, -0.05) is 55.6 Å². The maximum Gasteiger partial charge on any atom is 0.237 e. The van der Waals surface area contributed by atoms with Crippen molar-refractivity contribution < 1.29 is 9.59 Å². The van der Waals surface area contributed by atoms with E-state index in [4.69, 9.17) is 0 Å². The van der Waals surface area contributed by atoms with E-state index in [0.717, 1.165) is 34.9 Å². The number of hydrogen-bond acceptors (Lipinski definition) is 4. The molecule has 5 nitrogen and oxygen atoms in total. The van der Waals surface area contributed by atoms with Gasteiger partial charge < -0.3 is 4.90 Å². The van der Waals surface area contributed by atoms with Crippen molar-refractivity contribution in [1.29, 1.82) is 0 Å². The monoisotopic (exact) mass is 369 g/mol. The molecule has 2 aliphatic rings. The van der Waals surface area contributed by atoms with E-state index in [0.29, 0.717) is 18.1 Å². The van der Waals surface area contributed by atoms with Crippen molar-refractivity contribution in [2.75, 3.05) is 17.2 Å². The number of hydrogen-bond donors (Lipinski definition) is 0. The second-order valence-corrected chi connectivity index (χ2v) is 8.11. The highest BCUT2D eigenvalue weighted by molar-refractivity contribution is 8.00. The highest BCUT2D eigenvalue weighted by Crippen LogP contribution is 2.39. The van der Waals surface area contributed by atoms with Crippen LogP contribution in [-0.2, 0) is 9.59 Å².